The van der Waals surface area contributed by atoms with Crippen LogP contribution in [0.4, 0.5) is 0 Å². The molecule has 0 spiro atoms. The summed E-state index contributed by atoms with van der Waals surface area (Å²) in [7, 11) is -2.29. The molecule has 0 N–H and O–H groups in total. The molecule has 0 aliphatic carbocycles. The molecule has 0 fully saturated rings. The van der Waals surface area contributed by atoms with Crippen molar-refractivity contribution in [2.24, 2.45) is 0 Å². The molecule has 1 aromatic carbocycles. The number of thiol groups is 1. The van der Waals surface area contributed by atoms with Crippen molar-refractivity contribution in [3.8, 4) is 0 Å². The second-order valence-corrected chi connectivity index (χ2v) is 3.64. The van der Waals surface area contributed by atoms with Crippen LogP contribution in [0, 0.1) is 0 Å². The molecule has 0 radical (unpaired) electrons. The van der Waals surface area contributed by atoms with Gasteiger partial charge in [0.25, 0.3) is 0 Å². The van der Waals surface area contributed by atoms with Crippen LogP contribution in [0.2, 0.25) is 0 Å². The van der Waals surface area contributed by atoms with Crippen molar-refractivity contribution in [1.82, 2.24) is 0 Å². The molecule has 1 rings (SSSR count). The fourth-order valence-corrected chi connectivity index (χ4v) is 1.54. The molecule has 0 aliphatic rings. The lowest BCUT2D eigenvalue weighted by atomic mass is 10.1. The average molecular weight is 184 g/mol. The van der Waals surface area contributed by atoms with Crippen LogP contribution in [0.15, 0.2) is 24.3 Å². The normalized spacial score (nSPS) is 10.5. The minimum Gasteiger partial charge on any atom is -0.232 e. The lowest BCUT2D eigenvalue weighted by Crippen LogP contribution is -1.87. The lowest BCUT2D eigenvalue weighted by molar-refractivity contribution is 0.614. The standard InChI is InChI=1S/C9H12O2S/c1-2-8-3-5-9(6-4-8)7-12(10)11/h3-6,12H,2,7H2,1H3. The van der Waals surface area contributed by atoms with Gasteiger partial charge >= 0.3 is 0 Å². The SMILES string of the molecule is CCc1ccc(C[SH](=O)=O)cc1. The van der Waals surface area contributed by atoms with Crippen molar-refractivity contribution in [2.45, 2.75) is 19.1 Å². The van der Waals surface area contributed by atoms with Crippen LogP contribution >= 0.6 is 0 Å². The van der Waals surface area contributed by atoms with Crippen molar-refractivity contribution in [2.75, 3.05) is 0 Å². The van der Waals surface area contributed by atoms with Crippen LogP contribution in [0.5, 0.6) is 0 Å². The van der Waals surface area contributed by atoms with Crippen molar-refractivity contribution < 1.29 is 8.42 Å². The monoisotopic (exact) mass is 184 g/mol. The molecule has 0 amide bonds. The van der Waals surface area contributed by atoms with Crippen molar-refractivity contribution in [3.63, 3.8) is 0 Å². The number of aryl methyl sites for hydroxylation is 1. The smallest absolute Gasteiger partial charge is 0.144 e. The maximum atomic E-state index is 10.4. The first-order chi connectivity index (χ1) is 5.72. The molecule has 2 nitrogen and oxygen atoms in total. The summed E-state index contributed by atoms with van der Waals surface area (Å²) in [4.78, 5) is 0. The van der Waals surface area contributed by atoms with Gasteiger partial charge in [0.05, 0.1) is 5.75 Å². The topological polar surface area (TPSA) is 34.1 Å². The number of rotatable bonds is 3. The minimum absolute atomic E-state index is 0.152. The van der Waals surface area contributed by atoms with E-state index in [1.807, 2.05) is 24.3 Å². The molecular formula is C9H12O2S. The van der Waals surface area contributed by atoms with E-state index < -0.39 is 10.7 Å². The zero-order valence-corrected chi connectivity index (χ0v) is 7.88. The second kappa shape index (κ2) is 4.26. The summed E-state index contributed by atoms with van der Waals surface area (Å²) in [5, 5.41) is 0. The predicted octanol–water partition coefficient (Wildman–Crippen LogP) is 1.36. The average Bonchev–Trinajstić information content (AvgIpc) is 2.05. The highest BCUT2D eigenvalue weighted by Gasteiger charge is 1.93. The number of hydrogen-bond donors (Lipinski definition) is 1. The van der Waals surface area contributed by atoms with Gasteiger partial charge in [-0.25, -0.2) is 8.42 Å². The molecule has 0 atom stereocenters. The van der Waals surface area contributed by atoms with Gasteiger partial charge in [0.1, 0.15) is 10.7 Å². The maximum Gasteiger partial charge on any atom is 0.144 e. The Hall–Kier alpha value is -0.830. The Labute approximate surface area is 74.2 Å². The first kappa shape index (κ1) is 9.26. The molecule has 3 heteroatoms. The van der Waals surface area contributed by atoms with E-state index in [0.29, 0.717) is 0 Å². The summed E-state index contributed by atoms with van der Waals surface area (Å²) < 4.78 is 20.7. The minimum atomic E-state index is -2.29. The van der Waals surface area contributed by atoms with Crippen LogP contribution in [0.1, 0.15) is 18.1 Å². The predicted molar refractivity (Wildman–Crippen MR) is 49.8 cm³/mol. The van der Waals surface area contributed by atoms with Crippen molar-refractivity contribution >= 4 is 10.7 Å². The van der Waals surface area contributed by atoms with E-state index in [4.69, 9.17) is 0 Å². The van der Waals surface area contributed by atoms with Crippen LogP contribution in [0.25, 0.3) is 0 Å². The van der Waals surface area contributed by atoms with Gasteiger partial charge in [-0.1, -0.05) is 31.2 Å². The van der Waals surface area contributed by atoms with E-state index in [-0.39, 0.29) is 5.75 Å². The first-order valence-electron chi connectivity index (χ1n) is 3.92. The third-order valence-electron chi connectivity index (χ3n) is 1.74. The Morgan fingerprint density at radius 2 is 1.58 bits per heavy atom. The summed E-state index contributed by atoms with van der Waals surface area (Å²) in [6.45, 7) is 2.07. The largest absolute Gasteiger partial charge is 0.232 e. The Kier molecular flexibility index (Phi) is 3.29. The second-order valence-electron chi connectivity index (χ2n) is 2.66. The Morgan fingerprint density at radius 1 is 1.08 bits per heavy atom. The number of benzene rings is 1. The van der Waals surface area contributed by atoms with E-state index in [1.165, 1.54) is 5.56 Å². The van der Waals surface area contributed by atoms with Gasteiger partial charge in [-0.2, -0.15) is 0 Å². The zero-order chi connectivity index (χ0) is 8.97. The highest BCUT2D eigenvalue weighted by atomic mass is 32.2. The van der Waals surface area contributed by atoms with Crippen LogP contribution in [-0.2, 0) is 22.9 Å². The molecule has 1 aromatic rings. The van der Waals surface area contributed by atoms with E-state index in [2.05, 4.69) is 6.92 Å². The quantitative estimate of drug-likeness (QED) is 0.720. The Bertz CT molecular complexity index is 304. The van der Waals surface area contributed by atoms with Gasteiger partial charge in [0, 0.05) is 0 Å². The molecular weight excluding hydrogens is 172 g/mol. The molecule has 0 saturated heterocycles. The number of hydrogen-bond acceptors (Lipinski definition) is 2. The van der Waals surface area contributed by atoms with Gasteiger partial charge in [-0.15, -0.1) is 0 Å². The van der Waals surface area contributed by atoms with E-state index in [9.17, 15) is 8.42 Å². The Balaban J connectivity index is 2.77. The molecule has 12 heavy (non-hydrogen) atoms. The van der Waals surface area contributed by atoms with Gasteiger partial charge in [-0.05, 0) is 17.5 Å². The van der Waals surface area contributed by atoms with E-state index >= 15 is 0 Å². The first-order valence-corrected chi connectivity index (χ1v) is 5.28. The summed E-state index contributed by atoms with van der Waals surface area (Å²) in [6, 6.07) is 7.66. The molecule has 0 bridgehead atoms. The van der Waals surface area contributed by atoms with E-state index in [0.717, 1.165) is 12.0 Å². The van der Waals surface area contributed by atoms with E-state index in [1.54, 1.807) is 0 Å². The molecule has 0 saturated carbocycles. The zero-order valence-electron chi connectivity index (χ0n) is 6.99. The van der Waals surface area contributed by atoms with Gasteiger partial charge in [0.15, 0.2) is 0 Å². The molecule has 0 heterocycles. The third kappa shape index (κ3) is 2.66. The maximum absolute atomic E-state index is 10.4. The van der Waals surface area contributed by atoms with Crippen LogP contribution < -0.4 is 0 Å². The van der Waals surface area contributed by atoms with Gasteiger partial charge < -0.3 is 0 Å². The van der Waals surface area contributed by atoms with Crippen LogP contribution in [-0.4, -0.2) is 8.42 Å². The Morgan fingerprint density at radius 3 is 2.00 bits per heavy atom. The fraction of sp³-hybridized carbons (Fsp3) is 0.333. The third-order valence-corrected chi connectivity index (χ3v) is 2.37. The van der Waals surface area contributed by atoms with Gasteiger partial charge in [-0.3, -0.25) is 0 Å². The summed E-state index contributed by atoms with van der Waals surface area (Å²) in [6.07, 6.45) is 0.990. The molecule has 0 unspecified atom stereocenters. The molecule has 0 aliphatic heterocycles. The van der Waals surface area contributed by atoms with Crippen LogP contribution in [0.3, 0.4) is 0 Å². The fourth-order valence-electron chi connectivity index (χ4n) is 1.03. The summed E-state index contributed by atoms with van der Waals surface area (Å²) >= 11 is 0. The summed E-state index contributed by atoms with van der Waals surface area (Å²) in [5.74, 6) is 0.152. The van der Waals surface area contributed by atoms with Crippen molar-refractivity contribution in [3.05, 3.63) is 35.4 Å². The highest BCUT2D eigenvalue weighted by Crippen LogP contribution is 2.05. The summed E-state index contributed by atoms with van der Waals surface area (Å²) in [5.41, 5.74) is 2.10. The van der Waals surface area contributed by atoms with Crippen molar-refractivity contribution in [1.29, 1.82) is 0 Å². The molecule has 0 aromatic heterocycles. The van der Waals surface area contributed by atoms with Gasteiger partial charge in [0.2, 0.25) is 0 Å². The lowest BCUT2D eigenvalue weighted by Gasteiger charge is -1.97. The molecule has 66 valence electrons. The highest BCUT2D eigenvalue weighted by molar-refractivity contribution is 7.71.